The van der Waals surface area contributed by atoms with Gasteiger partial charge in [0.05, 0.1) is 37.7 Å². The maximum absolute atomic E-state index is 9.31. The van der Waals surface area contributed by atoms with Crippen molar-refractivity contribution in [1.82, 2.24) is 4.98 Å². The number of nitrogens with zero attached hydrogens (tertiary/aromatic N) is 2. The van der Waals surface area contributed by atoms with Gasteiger partial charge in [0.2, 0.25) is 0 Å². The van der Waals surface area contributed by atoms with E-state index < -0.39 is 0 Å². The molecule has 5 nitrogen and oxygen atoms in total. The number of ether oxygens (including phenoxy) is 1. The molecule has 0 aliphatic carbocycles. The van der Waals surface area contributed by atoms with Crippen LogP contribution in [0.1, 0.15) is 5.56 Å². The van der Waals surface area contributed by atoms with Crippen LogP contribution in [0.2, 0.25) is 0 Å². The molecule has 0 amide bonds. The maximum atomic E-state index is 9.31. The summed E-state index contributed by atoms with van der Waals surface area (Å²) in [5, 5.41) is 9.31. The number of anilines is 1. The molecule has 1 aliphatic heterocycles. The zero-order chi connectivity index (χ0) is 11.4. The van der Waals surface area contributed by atoms with Crippen molar-refractivity contribution in [2.24, 2.45) is 5.73 Å². The highest BCUT2D eigenvalue weighted by molar-refractivity contribution is 5.52. The van der Waals surface area contributed by atoms with E-state index in [9.17, 15) is 5.11 Å². The Bertz CT molecular complexity index is 346. The van der Waals surface area contributed by atoms with Crippen LogP contribution in [0.5, 0.6) is 0 Å². The van der Waals surface area contributed by atoms with Gasteiger partial charge in [0.1, 0.15) is 0 Å². The van der Waals surface area contributed by atoms with Crippen LogP contribution in [0.3, 0.4) is 0 Å². The third-order valence-corrected chi connectivity index (χ3v) is 2.86. The third kappa shape index (κ3) is 2.16. The first kappa shape index (κ1) is 11.3. The second-order valence-electron chi connectivity index (χ2n) is 3.81. The van der Waals surface area contributed by atoms with Crippen molar-refractivity contribution in [3.63, 3.8) is 0 Å². The van der Waals surface area contributed by atoms with Crippen molar-refractivity contribution in [2.75, 3.05) is 31.3 Å². The number of hydrogen-bond acceptors (Lipinski definition) is 5. The number of aliphatic hydroxyl groups is 1. The lowest BCUT2D eigenvalue weighted by Crippen LogP contribution is -2.48. The van der Waals surface area contributed by atoms with E-state index in [2.05, 4.69) is 9.88 Å². The van der Waals surface area contributed by atoms with Gasteiger partial charge in [0, 0.05) is 19.3 Å². The number of pyridine rings is 1. The Morgan fingerprint density at radius 1 is 1.62 bits per heavy atom. The predicted octanol–water partition coefficient (Wildman–Crippen LogP) is -0.262. The summed E-state index contributed by atoms with van der Waals surface area (Å²) in [5.41, 5.74) is 7.75. The molecule has 1 aromatic rings. The molecule has 5 heteroatoms. The van der Waals surface area contributed by atoms with E-state index in [1.165, 1.54) is 0 Å². The molecule has 2 rings (SSSR count). The summed E-state index contributed by atoms with van der Waals surface area (Å²) in [4.78, 5) is 6.24. The minimum atomic E-state index is 0.00301. The Morgan fingerprint density at radius 2 is 2.50 bits per heavy atom. The molecule has 1 atom stereocenters. The molecular weight excluding hydrogens is 206 g/mol. The highest BCUT2D eigenvalue weighted by Gasteiger charge is 2.24. The molecule has 16 heavy (non-hydrogen) atoms. The Balaban J connectivity index is 2.26. The van der Waals surface area contributed by atoms with Crippen molar-refractivity contribution >= 4 is 5.69 Å². The lowest BCUT2D eigenvalue weighted by atomic mass is 10.1. The number of hydrogen-bond donors (Lipinski definition) is 2. The van der Waals surface area contributed by atoms with Gasteiger partial charge in [-0.2, -0.15) is 0 Å². The summed E-state index contributed by atoms with van der Waals surface area (Å²) in [6, 6.07) is 1.92. The minimum Gasteiger partial charge on any atom is -0.394 e. The quantitative estimate of drug-likeness (QED) is 0.738. The van der Waals surface area contributed by atoms with E-state index in [4.69, 9.17) is 10.5 Å². The van der Waals surface area contributed by atoms with Crippen LogP contribution in [-0.4, -0.2) is 42.5 Å². The van der Waals surface area contributed by atoms with Crippen molar-refractivity contribution < 1.29 is 9.84 Å². The van der Waals surface area contributed by atoms with E-state index in [0.29, 0.717) is 19.8 Å². The summed E-state index contributed by atoms with van der Waals surface area (Å²) < 4.78 is 5.34. The SMILES string of the molecule is NCc1ccncc1N1CCOCC1CO. The molecule has 1 aliphatic rings. The predicted molar refractivity (Wildman–Crippen MR) is 61.2 cm³/mol. The monoisotopic (exact) mass is 223 g/mol. The Hall–Kier alpha value is -1.17. The van der Waals surface area contributed by atoms with Crippen LogP contribution in [0.15, 0.2) is 18.5 Å². The Labute approximate surface area is 94.8 Å². The van der Waals surface area contributed by atoms with Crippen molar-refractivity contribution in [2.45, 2.75) is 12.6 Å². The molecule has 1 unspecified atom stereocenters. The first-order chi connectivity index (χ1) is 7.86. The average Bonchev–Trinajstić information content (AvgIpc) is 2.38. The van der Waals surface area contributed by atoms with Gasteiger partial charge in [-0.25, -0.2) is 0 Å². The number of nitrogens with two attached hydrogens (primary N) is 1. The largest absolute Gasteiger partial charge is 0.394 e. The summed E-state index contributed by atoms with van der Waals surface area (Å²) in [5.74, 6) is 0. The third-order valence-electron chi connectivity index (χ3n) is 2.86. The molecule has 0 saturated carbocycles. The molecule has 1 aromatic heterocycles. The van der Waals surface area contributed by atoms with Gasteiger partial charge >= 0.3 is 0 Å². The van der Waals surface area contributed by atoms with E-state index in [1.54, 1.807) is 12.4 Å². The van der Waals surface area contributed by atoms with Gasteiger partial charge in [-0.05, 0) is 11.6 Å². The number of morpholine rings is 1. The van der Waals surface area contributed by atoms with Gasteiger partial charge in [-0.3, -0.25) is 4.98 Å². The topological polar surface area (TPSA) is 71.6 Å². The highest BCUT2D eigenvalue weighted by Crippen LogP contribution is 2.22. The van der Waals surface area contributed by atoms with Gasteiger partial charge in [0.15, 0.2) is 0 Å². The van der Waals surface area contributed by atoms with Crippen LogP contribution >= 0.6 is 0 Å². The summed E-state index contributed by atoms with van der Waals surface area (Å²) in [7, 11) is 0. The number of aliphatic hydroxyl groups excluding tert-OH is 1. The van der Waals surface area contributed by atoms with Crippen molar-refractivity contribution in [3.05, 3.63) is 24.0 Å². The van der Waals surface area contributed by atoms with Crippen LogP contribution < -0.4 is 10.6 Å². The zero-order valence-electron chi connectivity index (χ0n) is 9.17. The second kappa shape index (κ2) is 5.25. The van der Waals surface area contributed by atoms with Crippen LogP contribution in [0.25, 0.3) is 0 Å². The molecule has 1 fully saturated rings. The minimum absolute atomic E-state index is 0.00301. The molecule has 0 radical (unpaired) electrons. The van der Waals surface area contributed by atoms with Crippen LogP contribution in [0, 0.1) is 0 Å². The maximum Gasteiger partial charge on any atom is 0.0756 e. The van der Waals surface area contributed by atoms with E-state index in [0.717, 1.165) is 17.8 Å². The highest BCUT2D eigenvalue weighted by atomic mass is 16.5. The van der Waals surface area contributed by atoms with E-state index >= 15 is 0 Å². The van der Waals surface area contributed by atoms with Crippen LogP contribution in [0.4, 0.5) is 5.69 Å². The van der Waals surface area contributed by atoms with Gasteiger partial charge < -0.3 is 20.5 Å². The lowest BCUT2D eigenvalue weighted by molar-refractivity contribution is 0.0726. The normalized spacial score (nSPS) is 21.1. The summed E-state index contributed by atoms with van der Waals surface area (Å²) in [6.45, 7) is 2.56. The molecule has 0 bridgehead atoms. The molecule has 2 heterocycles. The molecule has 3 N–H and O–H groups in total. The van der Waals surface area contributed by atoms with E-state index in [1.807, 2.05) is 6.07 Å². The Kier molecular flexibility index (Phi) is 3.71. The molecule has 88 valence electrons. The summed E-state index contributed by atoms with van der Waals surface area (Å²) in [6.07, 6.45) is 3.54. The smallest absolute Gasteiger partial charge is 0.0756 e. The zero-order valence-corrected chi connectivity index (χ0v) is 9.17. The van der Waals surface area contributed by atoms with Gasteiger partial charge in [-0.15, -0.1) is 0 Å². The molecule has 0 aromatic carbocycles. The fourth-order valence-corrected chi connectivity index (χ4v) is 1.97. The standard InChI is InChI=1S/C11H17N3O2/c12-5-9-1-2-13-6-11(9)14-3-4-16-8-10(14)7-15/h1-2,6,10,15H,3-5,7-8,12H2. The fourth-order valence-electron chi connectivity index (χ4n) is 1.97. The van der Waals surface area contributed by atoms with E-state index in [-0.39, 0.29) is 12.6 Å². The Morgan fingerprint density at radius 3 is 3.25 bits per heavy atom. The van der Waals surface area contributed by atoms with Crippen molar-refractivity contribution in [1.29, 1.82) is 0 Å². The first-order valence-electron chi connectivity index (χ1n) is 5.45. The molecular formula is C11H17N3O2. The van der Waals surface area contributed by atoms with Crippen LogP contribution in [-0.2, 0) is 11.3 Å². The second-order valence-corrected chi connectivity index (χ2v) is 3.81. The number of aromatic nitrogens is 1. The number of rotatable bonds is 3. The molecule has 1 saturated heterocycles. The fraction of sp³-hybridized carbons (Fsp3) is 0.545. The van der Waals surface area contributed by atoms with Crippen molar-refractivity contribution in [3.8, 4) is 0 Å². The molecule has 0 spiro atoms. The summed E-state index contributed by atoms with van der Waals surface area (Å²) >= 11 is 0. The lowest BCUT2D eigenvalue weighted by Gasteiger charge is -2.37. The van der Waals surface area contributed by atoms with Gasteiger partial charge in [0.25, 0.3) is 0 Å². The average molecular weight is 223 g/mol. The first-order valence-corrected chi connectivity index (χ1v) is 5.45. The van der Waals surface area contributed by atoms with Gasteiger partial charge in [-0.1, -0.05) is 0 Å².